The van der Waals surface area contributed by atoms with Gasteiger partial charge in [0.2, 0.25) is 0 Å². The molecule has 2 aliphatic heterocycles. The number of aryl methyl sites for hydroxylation is 2. The first-order valence-corrected chi connectivity index (χ1v) is 25.3. The molecule has 7 aromatic carbocycles. The summed E-state index contributed by atoms with van der Waals surface area (Å²) in [6, 6.07) is 52.2. The highest BCUT2D eigenvalue weighted by atomic mass is 32.1. The van der Waals surface area contributed by atoms with E-state index in [4.69, 9.17) is 0 Å². The van der Waals surface area contributed by atoms with Crippen molar-refractivity contribution in [3.8, 4) is 5.69 Å². The van der Waals surface area contributed by atoms with Crippen LogP contribution in [0, 0.1) is 13.8 Å². The standard InChI is InChI=1S/C62H62BN3S/c1-37-32-52-56-53(33-37)66-57-45(55-44-16-13-14-19-54(44)67-58(55)66)17-15-18-49(57)63(56)48-29-28-43(35-51(48)65(52)50-36-47-46(34-38(50)2)61(9,10)30-31-62(47,11)12)64(41-24-20-39(21-25-41)59(3,4)5)42-26-22-40(23-27-42)60(6,7)8/h13-29,32-36H,30-31H2,1-12H3. The van der Waals surface area contributed by atoms with Gasteiger partial charge in [0.05, 0.1) is 5.52 Å². The molecule has 0 saturated carbocycles. The first kappa shape index (κ1) is 42.3. The average molecular weight is 892 g/mol. The maximum absolute atomic E-state index is 2.68. The molecular weight excluding hydrogens is 830 g/mol. The van der Waals surface area contributed by atoms with E-state index in [9.17, 15) is 0 Å². The molecular formula is C62H62BN3S. The molecule has 1 aliphatic carbocycles. The lowest BCUT2D eigenvalue weighted by atomic mass is 9.33. The third kappa shape index (κ3) is 6.29. The van der Waals surface area contributed by atoms with Gasteiger partial charge in [-0.1, -0.05) is 142 Å². The summed E-state index contributed by atoms with van der Waals surface area (Å²) in [7, 11) is 0. The van der Waals surface area contributed by atoms with Gasteiger partial charge in [0.25, 0.3) is 6.71 Å². The Hall–Kier alpha value is -6.04. The molecule has 0 atom stereocenters. The molecule has 3 aliphatic rings. The Morgan fingerprint density at radius 2 is 1.13 bits per heavy atom. The molecule has 0 unspecified atom stereocenters. The Kier molecular flexibility index (Phi) is 9.00. The Morgan fingerprint density at radius 1 is 0.552 bits per heavy atom. The van der Waals surface area contributed by atoms with Crippen LogP contribution in [0.3, 0.4) is 0 Å². The van der Waals surface area contributed by atoms with E-state index < -0.39 is 0 Å². The maximum atomic E-state index is 2.68. The number of aromatic nitrogens is 1. The van der Waals surface area contributed by atoms with Gasteiger partial charge < -0.3 is 14.4 Å². The first-order valence-electron chi connectivity index (χ1n) is 24.5. The van der Waals surface area contributed by atoms with Gasteiger partial charge in [0.1, 0.15) is 4.83 Å². The van der Waals surface area contributed by atoms with Gasteiger partial charge in [-0.15, -0.1) is 11.3 Å². The summed E-state index contributed by atoms with van der Waals surface area (Å²) in [6.45, 7) is 28.3. The SMILES string of the molecule is Cc1cc2c3c(c1)-n1c4sc5ccccc5c4c4cccc(c41)B3c1ccc(N(c3ccc(C(C)(C)C)cc3)c3ccc(C(C)(C)C)cc3)cc1N2c1cc2c(cc1C)C(C)(C)CCC2(C)C. The number of thiophene rings is 1. The van der Waals surface area contributed by atoms with Crippen LogP contribution >= 0.6 is 11.3 Å². The van der Waals surface area contributed by atoms with E-state index in [-0.39, 0.29) is 28.4 Å². The normalized spacial score (nSPS) is 15.8. The number of para-hydroxylation sites is 1. The Balaban J connectivity index is 1.16. The molecule has 0 radical (unpaired) electrons. The molecule has 0 N–H and O–H groups in total. The van der Waals surface area contributed by atoms with Crippen LogP contribution in [0.2, 0.25) is 0 Å². The smallest absolute Gasteiger partial charge is 0.252 e. The van der Waals surface area contributed by atoms with Crippen molar-refractivity contribution in [1.29, 1.82) is 0 Å². The van der Waals surface area contributed by atoms with Crippen molar-refractivity contribution in [2.75, 3.05) is 9.80 Å². The summed E-state index contributed by atoms with van der Waals surface area (Å²) in [4.78, 5) is 6.49. The molecule has 3 nitrogen and oxygen atoms in total. The molecule has 0 amide bonds. The molecule has 67 heavy (non-hydrogen) atoms. The molecule has 334 valence electrons. The van der Waals surface area contributed by atoms with Gasteiger partial charge in [0.15, 0.2) is 0 Å². The van der Waals surface area contributed by atoms with E-state index >= 15 is 0 Å². The van der Waals surface area contributed by atoms with Gasteiger partial charge >= 0.3 is 0 Å². The molecule has 4 heterocycles. The van der Waals surface area contributed by atoms with E-state index in [1.807, 2.05) is 11.3 Å². The fraction of sp³-hybridized carbons (Fsp3) is 0.290. The minimum atomic E-state index is 0.0514. The second-order valence-corrected chi connectivity index (χ2v) is 24.5. The molecule has 0 fully saturated rings. The lowest BCUT2D eigenvalue weighted by Crippen LogP contribution is -2.60. The molecule has 2 aromatic heterocycles. The maximum Gasteiger partial charge on any atom is 0.252 e. The van der Waals surface area contributed by atoms with Crippen molar-refractivity contribution in [3.63, 3.8) is 0 Å². The number of rotatable bonds is 4. The minimum Gasteiger partial charge on any atom is -0.311 e. The number of nitrogens with zero attached hydrogens (tertiary/aromatic N) is 3. The third-order valence-electron chi connectivity index (χ3n) is 15.9. The van der Waals surface area contributed by atoms with Crippen LogP contribution in [0.25, 0.3) is 36.9 Å². The predicted molar refractivity (Wildman–Crippen MR) is 292 cm³/mol. The van der Waals surface area contributed by atoms with Crippen LogP contribution in [0.4, 0.5) is 34.1 Å². The third-order valence-corrected chi connectivity index (χ3v) is 17.1. The largest absolute Gasteiger partial charge is 0.311 e. The Morgan fingerprint density at radius 3 is 1.78 bits per heavy atom. The van der Waals surface area contributed by atoms with Gasteiger partial charge in [-0.05, 0) is 159 Å². The van der Waals surface area contributed by atoms with E-state index in [0.29, 0.717) is 0 Å². The second-order valence-electron chi connectivity index (χ2n) is 23.5. The van der Waals surface area contributed by atoms with E-state index in [1.54, 1.807) is 0 Å². The molecule has 12 rings (SSSR count). The highest BCUT2D eigenvalue weighted by Crippen LogP contribution is 2.52. The Labute approximate surface area is 402 Å². The van der Waals surface area contributed by atoms with Crippen molar-refractivity contribution < 1.29 is 0 Å². The predicted octanol–water partition coefficient (Wildman–Crippen LogP) is 15.6. The van der Waals surface area contributed by atoms with E-state index in [2.05, 4.69) is 231 Å². The van der Waals surface area contributed by atoms with Crippen molar-refractivity contribution in [2.45, 2.75) is 118 Å². The summed E-state index contributed by atoms with van der Waals surface area (Å²) in [5, 5.41) is 4.07. The average Bonchev–Trinajstić information content (AvgIpc) is 3.82. The highest BCUT2D eigenvalue weighted by Gasteiger charge is 2.44. The zero-order valence-electron chi connectivity index (χ0n) is 41.4. The van der Waals surface area contributed by atoms with Crippen molar-refractivity contribution in [3.05, 3.63) is 167 Å². The first-order chi connectivity index (χ1) is 31.8. The summed E-state index contributed by atoms with van der Waals surface area (Å²) in [6.07, 6.45) is 2.36. The summed E-state index contributed by atoms with van der Waals surface area (Å²) < 4.78 is 3.98. The molecule has 0 spiro atoms. The zero-order chi connectivity index (χ0) is 46.7. The Bertz CT molecular complexity index is 3460. The number of anilines is 6. The van der Waals surface area contributed by atoms with Crippen LogP contribution in [0.1, 0.15) is 115 Å². The van der Waals surface area contributed by atoms with Crippen molar-refractivity contribution in [2.24, 2.45) is 0 Å². The fourth-order valence-electron chi connectivity index (χ4n) is 12.0. The van der Waals surface area contributed by atoms with Crippen LogP contribution < -0.4 is 26.2 Å². The number of hydrogen-bond acceptors (Lipinski definition) is 3. The van der Waals surface area contributed by atoms with Crippen LogP contribution in [-0.4, -0.2) is 11.3 Å². The van der Waals surface area contributed by atoms with Crippen molar-refractivity contribution >= 4 is 99.8 Å². The quantitative estimate of drug-likeness (QED) is 0.163. The van der Waals surface area contributed by atoms with Crippen LogP contribution in [0.15, 0.2) is 133 Å². The van der Waals surface area contributed by atoms with E-state index in [1.165, 1.54) is 117 Å². The van der Waals surface area contributed by atoms with Gasteiger partial charge in [-0.25, -0.2) is 0 Å². The topological polar surface area (TPSA) is 11.4 Å². The number of hydrogen-bond donors (Lipinski definition) is 0. The lowest BCUT2D eigenvalue weighted by molar-refractivity contribution is 0.332. The monoisotopic (exact) mass is 891 g/mol. The highest BCUT2D eigenvalue weighted by molar-refractivity contribution is 7.26. The van der Waals surface area contributed by atoms with Crippen LogP contribution in [-0.2, 0) is 21.7 Å². The zero-order valence-corrected chi connectivity index (χ0v) is 42.3. The summed E-state index contributed by atoms with van der Waals surface area (Å²) in [5.74, 6) is 0. The van der Waals surface area contributed by atoms with Crippen molar-refractivity contribution in [1.82, 2.24) is 4.57 Å². The number of fused-ring (bicyclic) bond motifs is 10. The molecule has 9 aromatic rings. The van der Waals surface area contributed by atoms with Gasteiger partial charge in [-0.3, -0.25) is 0 Å². The summed E-state index contributed by atoms with van der Waals surface area (Å²) >= 11 is 1.93. The molecule has 5 heteroatoms. The van der Waals surface area contributed by atoms with Gasteiger partial charge in [-0.2, -0.15) is 0 Å². The lowest BCUT2D eigenvalue weighted by Gasteiger charge is -2.45. The molecule has 0 bridgehead atoms. The fourth-order valence-corrected chi connectivity index (χ4v) is 13.3. The van der Waals surface area contributed by atoms with Gasteiger partial charge in [0, 0.05) is 60.7 Å². The number of benzene rings is 7. The minimum absolute atomic E-state index is 0.0514. The summed E-state index contributed by atoms with van der Waals surface area (Å²) in [5.41, 5.74) is 22.5. The second kappa shape index (κ2) is 14.2. The molecule has 0 saturated heterocycles. The van der Waals surface area contributed by atoms with Crippen LogP contribution in [0.5, 0.6) is 0 Å². The van der Waals surface area contributed by atoms with E-state index in [0.717, 1.165) is 17.1 Å².